The Labute approximate surface area is 127 Å². The van der Waals surface area contributed by atoms with Crippen molar-refractivity contribution in [1.29, 1.82) is 0 Å². The highest BCUT2D eigenvalue weighted by atomic mass is 32.1. The van der Waals surface area contributed by atoms with Crippen LogP contribution in [0.5, 0.6) is 0 Å². The van der Waals surface area contributed by atoms with Gasteiger partial charge in [-0.15, -0.1) is 11.3 Å². The Morgan fingerprint density at radius 3 is 2.95 bits per heavy atom. The van der Waals surface area contributed by atoms with Gasteiger partial charge in [0.25, 0.3) is 0 Å². The second kappa shape index (κ2) is 6.20. The molecule has 108 valence electrons. The molecule has 0 radical (unpaired) electrons. The van der Waals surface area contributed by atoms with Crippen LogP contribution < -0.4 is 5.32 Å². The smallest absolute Gasteiger partial charge is 0.137 e. The number of nitrogens with one attached hydrogen (secondary N) is 1. The molecule has 0 aliphatic heterocycles. The van der Waals surface area contributed by atoms with Crippen molar-refractivity contribution >= 4 is 28.1 Å². The summed E-state index contributed by atoms with van der Waals surface area (Å²) >= 11 is 1.68. The molecule has 0 saturated heterocycles. The van der Waals surface area contributed by atoms with Gasteiger partial charge in [-0.1, -0.05) is 17.7 Å². The molecule has 5 heteroatoms. The van der Waals surface area contributed by atoms with E-state index < -0.39 is 0 Å². The van der Waals surface area contributed by atoms with E-state index in [1.165, 1.54) is 10.4 Å². The molecule has 2 N–H and O–H groups in total. The Hall–Kier alpha value is -1.98. The van der Waals surface area contributed by atoms with Crippen molar-refractivity contribution in [2.24, 2.45) is 0 Å². The average Bonchev–Trinajstić information content (AvgIpc) is 3.01. The van der Waals surface area contributed by atoms with Crippen molar-refractivity contribution in [1.82, 2.24) is 9.97 Å². The predicted molar refractivity (Wildman–Crippen MR) is 86.7 cm³/mol. The summed E-state index contributed by atoms with van der Waals surface area (Å²) in [6, 6.07) is 10.3. The summed E-state index contributed by atoms with van der Waals surface area (Å²) in [5.41, 5.74) is 2.10. The van der Waals surface area contributed by atoms with E-state index >= 15 is 0 Å². The van der Waals surface area contributed by atoms with E-state index in [9.17, 15) is 5.11 Å². The Bertz CT molecular complexity index is 727. The van der Waals surface area contributed by atoms with Gasteiger partial charge in [0, 0.05) is 16.9 Å². The Morgan fingerprint density at radius 2 is 2.19 bits per heavy atom. The molecule has 0 bridgehead atoms. The number of hydrogen-bond donors (Lipinski definition) is 2. The summed E-state index contributed by atoms with van der Waals surface area (Å²) in [6.45, 7) is 2.19. The fourth-order valence-electron chi connectivity index (χ4n) is 2.35. The van der Waals surface area contributed by atoms with Crippen LogP contribution in [0.25, 0.3) is 10.9 Å². The van der Waals surface area contributed by atoms with Gasteiger partial charge in [-0.3, -0.25) is 0 Å². The third kappa shape index (κ3) is 3.04. The zero-order chi connectivity index (χ0) is 14.7. The third-order valence-electron chi connectivity index (χ3n) is 3.41. The number of aliphatic hydroxyl groups excluding tert-OH is 1. The SMILES string of the molecule is Cc1ccc2ncnc(NC(CCO)c3cccs3)c2c1. The first-order valence-electron chi connectivity index (χ1n) is 6.90. The van der Waals surface area contributed by atoms with Gasteiger partial charge in [0.1, 0.15) is 12.1 Å². The molecule has 4 nitrogen and oxygen atoms in total. The molecule has 0 saturated carbocycles. The van der Waals surface area contributed by atoms with Crippen LogP contribution in [-0.2, 0) is 0 Å². The first-order chi connectivity index (χ1) is 10.3. The van der Waals surface area contributed by atoms with Crippen molar-refractivity contribution in [3.8, 4) is 0 Å². The van der Waals surface area contributed by atoms with Crippen LogP contribution in [0.4, 0.5) is 5.82 Å². The van der Waals surface area contributed by atoms with E-state index in [-0.39, 0.29) is 12.6 Å². The normalized spacial score (nSPS) is 12.5. The molecule has 0 aliphatic carbocycles. The van der Waals surface area contributed by atoms with Gasteiger partial charge in [-0.05, 0) is 36.9 Å². The second-order valence-corrected chi connectivity index (χ2v) is 5.95. The fourth-order valence-corrected chi connectivity index (χ4v) is 3.17. The summed E-state index contributed by atoms with van der Waals surface area (Å²) in [7, 11) is 0. The van der Waals surface area contributed by atoms with Gasteiger partial charge in [-0.25, -0.2) is 9.97 Å². The first-order valence-corrected chi connectivity index (χ1v) is 7.78. The zero-order valence-corrected chi connectivity index (χ0v) is 12.6. The monoisotopic (exact) mass is 299 g/mol. The van der Waals surface area contributed by atoms with Crippen LogP contribution in [0.1, 0.15) is 22.9 Å². The van der Waals surface area contributed by atoms with E-state index in [2.05, 4.69) is 34.3 Å². The maximum atomic E-state index is 9.30. The van der Waals surface area contributed by atoms with E-state index in [4.69, 9.17) is 0 Å². The number of hydrogen-bond acceptors (Lipinski definition) is 5. The lowest BCUT2D eigenvalue weighted by molar-refractivity contribution is 0.280. The number of aromatic nitrogens is 2. The fraction of sp³-hybridized carbons (Fsp3) is 0.250. The number of anilines is 1. The molecule has 0 spiro atoms. The lowest BCUT2D eigenvalue weighted by atomic mass is 10.1. The lowest BCUT2D eigenvalue weighted by Gasteiger charge is -2.18. The van der Waals surface area contributed by atoms with Crippen molar-refractivity contribution < 1.29 is 5.11 Å². The summed E-state index contributed by atoms with van der Waals surface area (Å²) < 4.78 is 0. The van der Waals surface area contributed by atoms with Crippen LogP contribution in [0.15, 0.2) is 42.0 Å². The minimum Gasteiger partial charge on any atom is -0.396 e. The maximum Gasteiger partial charge on any atom is 0.137 e. The summed E-state index contributed by atoms with van der Waals surface area (Å²) in [5.74, 6) is 0.815. The van der Waals surface area contributed by atoms with Crippen LogP contribution in [-0.4, -0.2) is 21.7 Å². The van der Waals surface area contributed by atoms with Crippen LogP contribution in [0.2, 0.25) is 0 Å². The number of benzene rings is 1. The number of aliphatic hydroxyl groups is 1. The van der Waals surface area contributed by atoms with E-state index in [0.29, 0.717) is 6.42 Å². The van der Waals surface area contributed by atoms with Gasteiger partial charge in [0.05, 0.1) is 11.6 Å². The van der Waals surface area contributed by atoms with Crippen molar-refractivity contribution in [2.75, 3.05) is 11.9 Å². The highest BCUT2D eigenvalue weighted by molar-refractivity contribution is 7.10. The molecule has 1 unspecified atom stereocenters. The molecule has 2 heterocycles. The summed E-state index contributed by atoms with van der Waals surface area (Å²) in [5, 5.41) is 15.8. The average molecular weight is 299 g/mol. The highest BCUT2D eigenvalue weighted by Crippen LogP contribution is 2.28. The van der Waals surface area contributed by atoms with E-state index in [1.807, 2.05) is 23.6 Å². The van der Waals surface area contributed by atoms with Gasteiger partial charge >= 0.3 is 0 Å². The minimum atomic E-state index is 0.0635. The van der Waals surface area contributed by atoms with Crippen LogP contribution >= 0.6 is 11.3 Å². The number of rotatable bonds is 5. The first kappa shape index (κ1) is 14.0. The molecular formula is C16H17N3OS. The standard InChI is InChI=1S/C16H17N3OS/c1-11-4-5-13-12(9-11)16(18-10-17-13)19-14(6-7-20)15-3-2-8-21-15/h2-5,8-10,14,20H,6-7H2,1H3,(H,17,18,19). The van der Waals surface area contributed by atoms with Gasteiger partial charge in [0.2, 0.25) is 0 Å². The minimum absolute atomic E-state index is 0.0635. The topological polar surface area (TPSA) is 58.0 Å². The number of aryl methyl sites for hydroxylation is 1. The quantitative estimate of drug-likeness (QED) is 0.756. The lowest BCUT2D eigenvalue weighted by Crippen LogP contribution is -2.12. The van der Waals surface area contributed by atoms with Gasteiger partial charge in [-0.2, -0.15) is 0 Å². The Balaban J connectivity index is 1.97. The molecule has 3 rings (SSSR count). The van der Waals surface area contributed by atoms with Crippen LogP contribution in [0.3, 0.4) is 0 Å². The second-order valence-electron chi connectivity index (χ2n) is 4.97. The number of thiophene rings is 1. The van der Waals surface area contributed by atoms with Crippen molar-refractivity contribution in [3.63, 3.8) is 0 Å². The maximum absolute atomic E-state index is 9.30. The molecule has 2 aromatic heterocycles. The van der Waals surface area contributed by atoms with Crippen molar-refractivity contribution in [2.45, 2.75) is 19.4 Å². The summed E-state index contributed by atoms with van der Waals surface area (Å²) in [4.78, 5) is 9.88. The van der Waals surface area contributed by atoms with Gasteiger partial charge < -0.3 is 10.4 Å². The molecule has 0 amide bonds. The molecule has 1 aromatic carbocycles. The molecule has 0 fully saturated rings. The predicted octanol–water partition coefficient (Wildman–Crippen LogP) is 3.54. The Morgan fingerprint density at radius 1 is 1.29 bits per heavy atom. The van der Waals surface area contributed by atoms with Crippen LogP contribution in [0, 0.1) is 6.92 Å². The molecule has 21 heavy (non-hydrogen) atoms. The number of fused-ring (bicyclic) bond motifs is 1. The number of nitrogens with zero attached hydrogens (tertiary/aromatic N) is 2. The molecule has 1 atom stereocenters. The van der Waals surface area contributed by atoms with Crippen molar-refractivity contribution in [3.05, 3.63) is 52.5 Å². The largest absolute Gasteiger partial charge is 0.396 e. The molecular weight excluding hydrogens is 282 g/mol. The highest BCUT2D eigenvalue weighted by Gasteiger charge is 2.14. The molecule has 3 aromatic rings. The van der Waals surface area contributed by atoms with Gasteiger partial charge in [0.15, 0.2) is 0 Å². The van der Waals surface area contributed by atoms with E-state index in [0.717, 1.165) is 16.7 Å². The third-order valence-corrected chi connectivity index (χ3v) is 4.39. The van der Waals surface area contributed by atoms with E-state index in [1.54, 1.807) is 17.7 Å². The summed E-state index contributed by atoms with van der Waals surface area (Å²) in [6.07, 6.45) is 2.22. The molecule has 0 aliphatic rings. The zero-order valence-electron chi connectivity index (χ0n) is 11.8. The Kier molecular flexibility index (Phi) is 4.13.